The van der Waals surface area contributed by atoms with Gasteiger partial charge in [-0.3, -0.25) is 4.90 Å². The van der Waals surface area contributed by atoms with Crippen molar-refractivity contribution in [1.82, 2.24) is 19.8 Å². The van der Waals surface area contributed by atoms with E-state index in [1.54, 1.807) is 13.8 Å². The number of carbonyl (C=O) groups excluding carboxylic acids is 1. The van der Waals surface area contributed by atoms with Crippen molar-refractivity contribution >= 4 is 11.7 Å². The van der Waals surface area contributed by atoms with E-state index in [-0.39, 0.29) is 6.04 Å². The van der Waals surface area contributed by atoms with Crippen molar-refractivity contribution in [2.24, 2.45) is 0 Å². The fourth-order valence-electron chi connectivity index (χ4n) is 3.55. The van der Waals surface area contributed by atoms with Gasteiger partial charge in [0, 0.05) is 11.7 Å². The molecular formula is C20H20FN5O2. The zero-order chi connectivity index (χ0) is 19.8. The highest BCUT2D eigenvalue weighted by Crippen LogP contribution is 2.23. The van der Waals surface area contributed by atoms with Gasteiger partial charge in [-0.2, -0.15) is 4.68 Å². The fourth-order valence-corrected chi connectivity index (χ4v) is 3.55. The van der Waals surface area contributed by atoms with Crippen molar-refractivity contribution in [2.75, 3.05) is 4.90 Å². The second kappa shape index (κ2) is 7.03. The number of hydrogen-bond donors (Lipinski definition) is 0. The van der Waals surface area contributed by atoms with E-state index in [1.807, 2.05) is 18.2 Å². The van der Waals surface area contributed by atoms with Gasteiger partial charge in [0.1, 0.15) is 5.82 Å². The molecule has 0 aliphatic heterocycles. The smallest absolute Gasteiger partial charge is 0.290 e. The molecule has 1 aliphatic carbocycles. The van der Waals surface area contributed by atoms with Crippen LogP contribution in [0.1, 0.15) is 31.4 Å². The summed E-state index contributed by atoms with van der Waals surface area (Å²) in [7, 11) is 0. The van der Waals surface area contributed by atoms with Gasteiger partial charge in [-0.25, -0.2) is 14.0 Å². The molecule has 7 nitrogen and oxygen atoms in total. The van der Waals surface area contributed by atoms with Crippen LogP contribution in [-0.2, 0) is 12.8 Å². The maximum Gasteiger partial charge on any atom is 0.377 e. The lowest BCUT2D eigenvalue weighted by molar-refractivity contribution is 0.242. The molecule has 1 amide bonds. The predicted molar refractivity (Wildman–Crippen MR) is 102 cm³/mol. The number of aromatic nitrogens is 4. The summed E-state index contributed by atoms with van der Waals surface area (Å²) in [4.78, 5) is 27.2. The molecule has 0 unspecified atom stereocenters. The van der Waals surface area contributed by atoms with Gasteiger partial charge in [-0.1, -0.05) is 6.07 Å². The third kappa shape index (κ3) is 3.11. The molecule has 0 atom stereocenters. The van der Waals surface area contributed by atoms with Crippen molar-refractivity contribution < 1.29 is 9.18 Å². The second-order valence-electron chi connectivity index (χ2n) is 7.11. The first-order valence-electron chi connectivity index (χ1n) is 9.22. The van der Waals surface area contributed by atoms with Gasteiger partial charge in [0.15, 0.2) is 0 Å². The Bertz CT molecular complexity index is 1080. The maximum atomic E-state index is 13.2. The number of fused-ring (bicyclic) bond motifs is 1. The normalized spacial score (nSPS) is 13.0. The number of nitrogens with zero attached hydrogens (tertiary/aromatic N) is 5. The number of anilines is 1. The van der Waals surface area contributed by atoms with Crippen LogP contribution in [0.15, 0.2) is 47.3 Å². The third-order valence-electron chi connectivity index (χ3n) is 4.92. The highest BCUT2D eigenvalue weighted by Gasteiger charge is 2.25. The average molecular weight is 381 g/mol. The van der Waals surface area contributed by atoms with Crippen LogP contribution in [0.3, 0.4) is 0 Å². The van der Waals surface area contributed by atoms with Crippen LogP contribution in [-0.4, -0.2) is 31.9 Å². The summed E-state index contributed by atoms with van der Waals surface area (Å²) in [5.74, 6) is -0.403. The summed E-state index contributed by atoms with van der Waals surface area (Å²) in [6, 6.07) is 10.3. The van der Waals surface area contributed by atoms with Crippen LogP contribution in [0, 0.1) is 5.82 Å². The minimum atomic E-state index is -0.643. The van der Waals surface area contributed by atoms with Crippen LogP contribution in [0.2, 0.25) is 0 Å². The highest BCUT2D eigenvalue weighted by molar-refractivity contribution is 5.93. The lowest BCUT2D eigenvalue weighted by Gasteiger charge is -2.25. The molecule has 0 saturated carbocycles. The number of aryl methyl sites for hydroxylation is 2. The van der Waals surface area contributed by atoms with E-state index < -0.39 is 17.5 Å². The second-order valence-corrected chi connectivity index (χ2v) is 7.11. The van der Waals surface area contributed by atoms with Crippen molar-refractivity contribution in [3.8, 4) is 5.69 Å². The van der Waals surface area contributed by atoms with Gasteiger partial charge < -0.3 is 0 Å². The van der Waals surface area contributed by atoms with Crippen LogP contribution < -0.4 is 10.6 Å². The summed E-state index contributed by atoms with van der Waals surface area (Å²) in [5, 5.41) is 7.68. The molecule has 0 bridgehead atoms. The Labute approximate surface area is 161 Å². The molecular weight excluding hydrogens is 361 g/mol. The molecule has 1 aliphatic rings. The molecule has 144 valence electrons. The summed E-state index contributed by atoms with van der Waals surface area (Å²) < 4.78 is 15.1. The molecule has 0 fully saturated rings. The van der Waals surface area contributed by atoms with Crippen molar-refractivity contribution in [3.05, 3.63) is 69.9 Å². The van der Waals surface area contributed by atoms with Gasteiger partial charge in [-0.15, -0.1) is 4.68 Å². The number of rotatable bonds is 3. The minimum absolute atomic E-state index is 0.269. The topological polar surface area (TPSA) is 73.0 Å². The molecule has 1 heterocycles. The zero-order valence-electron chi connectivity index (χ0n) is 15.7. The monoisotopic (exact) mass is 381 g/mol. The quantitative estimate of drug-likeness (QED) is 0.654. The van der Waals surface area contributed by atoms with E-state index >= 15 is 0 Å². The summed E-state index contributed by atoms with van der Waals surface area (Å²) >= 11 is 0. The lowest BCUT2D eigenvalue weighted by atomic mass is 10.1. The number of amides is 1. The van der Waals surface area contributed by atoms with Crippen molar-refractivity contribution in [1.29, 1.82) is 0 Å². The van der Waals surface area contributed by atoms with Gasteiger partial charge in [-0.05, 0) is 91.1 Å². The van der Waals surface area contributed by atoms with Crippen LogP contribution in [0.25, 0.3) is 5.69 Å². The molecule has 2 aromatic carbocycles. The average Bonchev–Trinajstić information content (AvgIpc) is 3.28. The number of tetrazole rings is 1. The first-order valence-corrected chi connectivity index (χ1v) is 9.22. The lowest BCUT2D eigenvalue weighted by Crippen LogP contribution is -2.44. The highest BCUT2D eigenvalue weighted by atomic mass is 19.1. The van der Waals surface area contributed by atoms with Crippen LogP contribution in [0.4, 0.5) is 14.9 Å². The Morgan fingerprint density at radius 1 is 1.07 bits per heavy atom. The third-order valence-corrected chi connectivity index (χ3v) is 4.92. The van der Waals surface area contributed by atoms with E-state index in [0.29, 0.717) is 11.4 Å². The molecule has 28 heavy (non-hydrogen) atoms. The Balaban J connectivity index is 1.70. The summed E-state index contributed by atoms with van der Waals surface area (Å²) in [6.45, 7) is 3.61. The van der Waals surface area contributed by atoms with E-state index in [4.69, 9.17) is 0 Å². The predicted octanol–water partition coefficient (Wildman–Crippen LogP) is 2.94. The maximum absolute atomic E-state index is 13.2. The van der Waals surface area contributed by atoms with Gasteiger partial charge >= 0.3 is 11.7 Å². The van der Waals surface area contributed by atoms with E-state index in [0.717, 1.165) is 28.6 Å². The number of hydrogen-bond acceptors (Lipinski definition) is 4. The van der Waals surface area contributed by atoms with Crippen molar-refractivity contribution in [3.63, 3.8) is 0 Å². The van der Waals surface area contributed by atoms with Gasteiger partial charge in [0.2, 0.25) is 0 Å². The molecule has 0 spiro atoms. The molecule has 1 aromatic heterocycles. The fraction of sp³-hybridized carbons (Fsp3) is 0.300. The minimum Gasteiger partial charge on any atom is -0.290 e. The van der Waals surface area contributed by atoms with Crippen LogP contribution >= 0.6 is 0 Å². The molecule has 8 heteroatoms. The molecule has 0 saturated heterocycles. The Kier molecular flexibility index (Phi) is 4.54. The molecule has 0 radical (unpaired) electrons. The summed E-state index contributed by atoms with van der Waals surface area (Å²) in [5.41, 5.74) is 2.89. The van der Waals surface area contributed by atoms with Gasteiger partial charge in [0.25, 0.3) is 0 Å². The standard InChI is InChI=1S/C20H20FN5O2/c1-13(2)24(17-10-7-16(21)8-11-17)19(27)26-20(28)25(22-23-26)18-9-6-14-4-3-5-15(14)12-18/h6-13H,3-5H2,1-2H3. The Morgan fingerprint density at radius 3 is 2.50 bits per heavy atom. The molecule has 3 aromatic rings. The Hall–Kier alpha value is -3.29. The first-order chi connectivity index (χ1) is 13.5. The summed E-state index contributed by atoms with van der Waals surface area (Å²) in [6.07, 6.45) is 3.10. The number of benzene rings is 2. The molecule has 4 rings (SSSR count). The van der Waals surface area contributed by atoms with Crippen molar-refractivity contribution in [2.45, 2.75) is 39.2 Å². The first kappa shape index (κ1) is 18.1. The van der Waals surface area contributed by atoms with Crippen LogP contribution in [0.5, 0.6) is 0 Å². The molecule has 0 N–H and O–H groups in total. The van der Waals surface area contributed by atoms with E-state index in [9.17, 15) is 14.0 Å². The largest absolute Gasteiger partial charge is 0.377 e. The Morgan fingerprint density at radius 2 is 1.79 bits per heavy atom. The zero-order valence-corrected chi connectivity index (χ0v) is 15.7. The number of carbonyl (C=O) groups is 1. The van der Waals surface area contributed by atoms with Gasteiger partial charge in [0.05, 0.1) is 5.69 Å². The van der Waals surface area contributed by atoms with E-state index in [1.165, 1.54) is 40.3 Å². The number of halogens is 1. The van der Waals surface area contributed by atoms with E-state index in [2.05, 4.69) is 10.4 Å². The SMILES string of the molecule is CC(C)N(C(=O)n1nnn(-c2ccc3c(c2)CCC3)c1=O)c1ccc(F)cc1.